The van der Waals surface area contributed by atoms with Crippen LogP contribution in [0.1, 0.15) is 19.8 Å². The molecule has 9 heteroatoms. The molecule has 2 N–H and O–H groups in total. The van der Waals surface area contributed by atoms with Gasteiger partial charge in [0, 0.05) is 33.2 Å². The van der Waals surface area contributed by atoms with Gasteiger partial charge in [0.05, 0.1) is 19.1 Å². The van der Waals surface area contributed by atoms with Crippen molar-refractivity contribution in [3.63, 3.8) is 0 Å². The molecule has 3 atom stereocenters. The zero-order valence-electron chi connectivity index (χ0n) is 14.4. The van der Waals surface area contributed by atoms with E-state index in [1.807, 2.05) is 4.90 Å². The second-order valence-corrected chi connectivity index (χ2v) is 6.97. The zero-order valence-corrected chi connectivity index (χ0v) is 15.2. The summed E-state index contributed by atoms with van der Waals surface area (Å²) in [6.45, 7) is 3.37. The maximum absolute atomic E-state index is 12.4. The molecule has 0 radical (unpaired) electrons. The minimum Gasteiger partial charge on any atom is -0.347 e. The van der Waals surface area contributed by atoms with E-state index in [2.05, 4.69) is 17.8 Å². The zero-order chi connectivity index (χ0) is 17.9. The fraction of sp³-hybridized carbons (Fsp3) is 0.800. The third-order valence-electron chi connectivity index (χ3n) is 4.54. The van der Waals surface area contributed by atoms with Gasteiger partial charge in [-0.1, -0.05) is 13.3 Å². The summed E-state index contributed by atoms with van der Waals surface area (Å²) < 4.78 is 0. The third-order valence-corrected chi connectivity index (χ3v) is 4.99. The van der Waals surface area contributed by atoms with Crippen LogP contribution >= 0.6 is 11.6 Å². The van der Waals surface area contributed by atoms with E-state index in [0.717, 1.165) is 12.8 Å². The van der Waals surface area contributed by atoms with Gasteiger partial charge in [-0.25, -0.2) is 5.43 Å². The number of alkyl halides is 1. The normalized spacial score (nSPS) is 28.7. The van der Waals surface area contributed by atoms with Gasteiger partial charge < -0.3 is 9.80 Å². The number of hydrogen-bond acceptors (Lipinski definition) is 5. The SMILES string of the molecule is CCCC1NNC(=O)C(Cl)C1N1CCN(CC(=O)N(C)C)C(=O)C1. The van der Waals surface area contributed by atoms with Gasteiger partial charge in [0.25, 0.3) is 5.91 Å². The Bertz CT molecular complexity index is 502. The highest BCUT2D eigenvalue weighted by molar-refractivity contribution is 6.31. The fourth-order valence-corrected chi connectivity index (χ4v) is 3.51. The van der Waals surface area contributed by atoms with Crippen molar-refractivity contribution in [2.45, 2.75) is 37.2 Å². The van der Waals surface area contributed by atoms with Gasteiger partial charge in [0.15, 0.2) is 0 Å². The Morgan fingerprint density at radius 2 is 2.04 bits per heavy atom. The van der Waals surface area contributed by atoms with E-state index in [9.17, 15) is 14.4 Å². The Labute approximate surface area is 147 Å². The van der Waals surface area contributed by atoms with Crippen LogP contribution in [0, 0.1) is 0 Å². The van der Waals surface area contributed by atoms with Crippen molar-refractivity contribution >= 4 is 29.3 Å². The summed E-state index contributed by atoms with van der Waals surface area (Å²) in [6.07, 6.45) is 1.79. The van der Waals surface area contributed by atoms with Crippen LogP contribution in [-0.2, 0) is 14.4 Å². The first kappa shape index (κ1) is 19.0. The van der Waals surface area contributed by atoms with Crippen molar-refractivity contribution in [1.82, 2.24) is 25.6 Å². The molecule has 3 amide bonds. The molecule has 0 aromatic carbocycles. The number of carbonyl (C=O) groups is 3. The van der Waals surface area contributed by atoms with Crippen LogP contribution in [0.3, 0.4) is 0 Å². The molecule has 0 saturated carbocycles. The molecule has 2 heterocycles. The minimum atomic E-state index is -0.703. The van der Waals surface area contributed by atoms with Crippen LogP contribution in [0.4, 0.5) is 0 Å². The lowest BCUT2D eigenvalue weighted by Crippen LogP contribution is -2.69. The van der Waals surface area contributed by atoms with Crippen molar-refractivity contribution in [2.75, 3.05) is 40.3 Å². The standard InChI is InChI=1S/C15H26ClN5O3/c1-4-5-10-14(13(16)15(24)18-17-10)21-7-6-20(12(23)9-21)8-11(22)19(2)3/h10,13-14,17H,4-9H2,1-3H3,(H,18,24). The number of amides is 3. The van der Waals surface area contributed by atoms with E-state index in [4.69, 9.17) is 11.6 Å². The number of piperazine rings is 1. The Balaban J connectivity index is 2.03. The van der Waals surface area contributed by atoms with Crippen LogP contribution in [0.25, 0.3) is 0 Å². The average Bonchev–Trinajstić information content (AvgIpc) is 2.53. The Morgan fingerprint density at radius 1 is 1.33 bits per heavy atom. The van der Waals surface area contributed by atoms with Crippen LogP contribution < -0.4 is 10.9 Å². The highest BCUT2D eigenvalue weighted by atomic mass is 35.5. The lowest BCUT2D eigenvalue weighted by atomic mass is 9.96. The van der Waals surface area contributed by atoms with Gasteiger partial charge in [-0.2, -0.15) is 0 Å². The van der Waals surface area contributed by atoms with Gasteiger partial charge in [-0.3, -0.25) is 24.7 Å². The van der Waals surface area contributed by atoms with Crippen molar-refractivity contribution < 1.29 is 14.4 Å². The van der Waals surface area contributed by atoms with E-state index in [1.165, 1.54) is 4.90 Å². The summed E-state index contributed by atoms with van der Waals surface area (Å²) in [5.74, 6) is -0.483. The molecular formula is C15H26ClN5O3. The lowest BCUT2D eigenvalue weighted by Gasteiger charge is -2.45. The predicted octanol–water partition coefficient (Wildman–Crippen LogP) is -1.00. The molecule has 3 unspecified atom stereocenters. The minimum absolute atomic E-state index is 0.00189. The molecule has 0 aromatic rings. The van der Waals surface area contributed by atoms with E-state index in [-0.39, 0.29) is 42.9 Å². The molecule has 2 rings (SSSR count). The lowest BCUT2D eigenvalue weighted by molar-refractivity contribution is -0.144. The predicted molar refractivity (Wildman–Crippen MR) is 90.3 cm³/mol. The van der Waals surface area contributed by atoms with Gasteiger partial charge in [0.1, 0.15) is 5.38 Å². The number of carbonyl (C=O) groups excluding carboxylic acids is 3. The molecule has 2 fully saturated rings. The van der Waals surface area contributed by atoms with E-state index in [1.54, 1.807) is 19.0 Å². The van der Waals surface area contributed by atoms with Gasteiger partial charge in [-0.15, -0.1) is 11.6 Å². The number of halogens is 1. The van der Waals surface area contributed by atoms with E-state index >= 15 is 0 Å². The van der Waals surface area contributed by atoms with Crippen LogP contribution in [0.15, 0.2) is 0 Å². The molecule has 0 bridgehead atoms. The summed E-state index contributed by atoms with van der Waals surface area (Å²) in [4.78, 5) is 41.1. The van der Waals surface area contributed by atoms with Crippen molar-refractivity contribution in [3.05, 3.63) is 0 Å². The number of hydrogen-bond donors (Lipinski definition) is 2. The summed E-state index contributed by atoms with van der Waals surface area (Å²) in [5, 5.41) is -0.703. The van der Waals surface area contributed by atoms with E-state index in [0.29, 0.717) is 13.1 Å². The summed E-state index contributed by atoms with van der Waals surface area (Å²) in [7, 11) is 3.34. The first-order valence-electron chi connectivity index (χ1n) is 8.26. The number of hydrazine groups is 1. The first-order chi connectivity index (χ1) is 11.3. The molecule has 2 saturated heterocycles. The van der Waals surface area contributed by atoms with Crippen molar-refractivity contribution in [3.8, 4) is 0 Å². The summed E-state index contributed by atoms with van der Waals surface area (Å²) >= 11 is 6.33. The van der Waals surface area contributed by atoms with E-state index < -0.39 is 5.38 Å². The molecule has 24 heavy (non-hydrogen) atoms. The van der Waals surface area contributed by atoms with Gasteiger partial charge in [0.2, 0.25) is 11.8 Å². The monoisotopic (exact) mass is 359 g/mol. The van der Waals surface area contributed by atoms with Crippen LogP contribution in [0.5, 0.6) is 0 Å². The highest BCUT2D eigenvalue weighted by Crippen LogP contribution is 2.22. The maximum atomic E-state index is 12.4. The number of likely N-dealkylation sites (N-methyl/N-ethyl adjacent to an activating group) is 1. The average molecular weight is 360 g/mol. The topological polar surface area (TPSA) is 85.0 Å². The smallest absolute Gasteiger partial charge is 0.253 e. The number of nitrogens with one attached hydrogen (secondary N) is 2. The number of nitrogens with zero attached hydrogens (tertiary/aromatic N) is 3. The summed E-state index contributed by atoms with van der Waals surface area (Å²) in [6, 6.07) is -0.242. The molecule has 2 aliphatic rings. The van der Waals surface area contributed by atoms with Crippen molar-refractivity contribution in [1.29, 1.82) is 0 Å². The second-order valence-electron chi connectivity index (χ2n) is 6.50. The first-order valence-corrected chi connectivity index (χ1v) is 8.70. The van der Waals surface area contributed by atoms with Gasteiger partial charge >= 0.3 is 0 Å². The Morgan fingerprint density at radius 3 is 2.62 bits per heavy atom. The molecule has 0 aliphatic carbocycles. The molecule has 136 valence electrons. The fourth-order valence-electron chi connectivity index (χ4n) is 3.12. The summed E-state index contributed by atoms with van der Waals surface area (Å²) in [5.41, 5.74) is 5.61. The Kier molecular flexibility index (Phi) is 6.42. The number of rotatable bonds is 5. The largest absolute Gasteiger partial charge is 0.347 e. The third kappa shape index (κ3) is 4.17. The maximum Gasteiger partial charge on any atom is 0.253 e. The molecule has 8 nitrogen and oxygen atoms in total. The van der Waals surface area contributed by atoms with Crippen LogP contribution in [0.2, 0.25) is 0 Å². The van der Waals surface area contributed by atoms with Crippen LogP contribution in [-0.4, -0.2) is 90.2 Å². The molecule has 2 aliphatic heterocycles. The quantitative estimate of drug-likeness (QED) is 0.615. The highest BCUT2D eigenvalue weighted by Gasteiger charge is 2.43. The second kappa shape index (κ2) is 8.13. The molecule has 0 aromatic heterocycles. The van der Waals surface area contributed by atoms with Crippen molar-refractivity contribution in [2.24, 2.45) is 0 Å². The van der Waals surface area contributed by atoms with Gasteiger partial charge in [-0.05, 0) is 6.42 Å². The Hall–Kier alpha value is -1.38. The molecular weight excluding hydrogens is 334 g/mol. The molecule has 0 spiro atoms.